The number of nitrogens with one attached hydrogen (secondary N) is 2. The van der Waals surface area contributed by atoms with Crippen molar-refractivity contribution < 1.29 is 19.4 Å². The third-order valence-electron chi connectivity index (χ3n) is 6.55. The third kappa shape index (κ3) is 6.24. The molecule has 0 spiro atoms. The first-order valence-electron chi connectivity index (χ1n) is 11.7. The van der Waals surface area contributed by atoms with Crippen LogP contribution < -0.4 is 16.4 Å². The molecule has 1 aliphatic rings. The maximum Gasteiger partial charge on any atom is 0.237 e. The summed E-state index contributed by atoms with van der Waals surface area (Å²) in [5.41, 5.74) is 7.04. The highest BCUT2D eigenvalue weighted by atomic mass is 79.9. The van der Waals surface area contributed by atoms with Crippen LogP contribution in [0.15, 0.2) is 46.9 Å². The molecule has 0 aromatic heterocycles. The van der Waals surface area contributed by atoms with Crippen LogP contribution in [-0.2, 0) is 10.3 Å². The highest BCUT2D eigenvalue weighted by Crippen LogP contribution is 2.49. The molecular weight excluding hydrogens is 537 g/mol. The molecule has 1 heterocycles. The number of nitrogens with two attached hydrogens (primary N) is 1. The van der Waals surface area contributed by atoms with Crippen LogP contribution in [-0.4, -0.2) is 47.5 Å². The lowest BCUT2D eigenvalue weighted by Gasteiger charge is -2.39. The highest BCUT2D eigenvalue weighted by Gasteiger charge is 2.57. The van der Waals surface area contributed by atoms with Crippen LogP contribution in [0, 0.1) is 11.2 Å². The number of carbonyl (C=O) groups is 1. The Morgan fingerprint density at radius 2 is 1.94 bits per heavy atom. The molecule has 0 radical (unpaired) electrons. The minimum absolute atomic E-state index is 0.0369. The Balaban J connectivity index is 2.12. The van der Waals surface area contributed by atoms with Gasteiger partial charge >= 0.3 is 0 Å². The highest BCUT2D eigenvalue weighted by molar-refractivity contribution is 9.10. The van der Waals surface area contributed by atoms with E-state index in [0.717, 1.165) is 10.0 Å². The van der Waals surface area contributed by atoms with Gasteiger partial charge in [0.25, 0.3) is 0 Å². The van der Waals surface area contributed by atoms with Gasteiger partial charge in [0.05, 0.1) is 29.3 Å². The quantitative estimate of drug-likeness (QED) is 0.332. The second-order valence-electron chi connectivity index (χ2n) is 10.4. The summed E-state index contributed by atoms with van der Waals surface area (Å²) in [7, 11) is 0. The van der Waals surface area contributed by atoms with E-state index in [1.807, 2.05) is 24.3 Å². The zero-order valence-electron chi connectivity index (χ0n) is 20.2. The van der Waals surface area contributed by atoms with Crippen molar-refractivity contribution in [3.8, 4) is 0 Å². The molecule has 0 bridgehead atoms. The third-order valence-corrected chi connectivity index (χ3v) is 7.37. The predicted molar refractivity (Wildman–Crippen MR) is 140 cm³/mol. The van der Waals surface area contributed by atoms with Gasteiger partial charge in [0.1, 0.15) is 5.82 Å². The van der Waals surface area contributed by atoms with Crippen molar-refractivity contribution >= 4 is 33.4 Å². The monoisotopic (exact) mass is 569 g/mol. The van der Waals surface area contributed by atoms with E-state index >= 15 is 4.39 Å². The van der Waals surface area contributed by atoms with E-state index in [-0.39, 0.29) is 40.9 Å². The van der Waals surface area contributed by atoms with Crippen LogP contribution in [0.4, 0.5) is 4.39 Å². The fraction of sp³-hybridized carbons (Fsp3) is 0.500. The summed E-state index contributed by atoms with van der Waals surface area (Å²) in [5.74, 6) is -1.72. The standard InChI is InChI=1S/C26H34BrClFN3O3/c1-25(2,3)13-20-26(30,15-7-9-16(27)10-8-15)21(18-5-4-6-19(28)22(18)29)23(32-20)24(35)31-12-11-17(34)14-33/h4-10,17,20-21,23,32-34H,11-14,30H2,1-3H3,(H,31,35)/t17-,20-,21-,23+,26+/m0/s1. The van der Waals surface area contributed by atoms with Crippen LogP contribution in [0.2, 0.25) is 5.02 Å². The van der Waals surface area contributed by atoms with Crippen molar-refractivity contribution in [3.63, 3.8) is 0 Å². The molecule has 0 aliphatic carbocycles. The number of aliphatic hydroxyl groups excluding tert-OH is 2. The summed E-state index contributed by atoms with van der Waals surface area (Å²) in [5, 5.41) is 24.9. The van der Waals surface area contributed by atoms with Crippen LogP contribution in [0.25, 0.3) is 0 Å². The maximum atomic E-state index is 15.5. The number of aliphatic hydroxyl groups is 2. The van der Waals surface area contributed by atoms with E-state index in [4.69, 9.17) is 22.4 Å². The van der Waals surface area contributed by atoms with E-state index < -0.39 is 36.0 Å². The molecule has 6 nitrogen and oxygen atoms in total. The van der Waals surface area contributed by atoms with Crippen molar-refractivity contribution in [2.45, 2.75) is 63.3 Å². The number of carbonyl (C=O) groups excluding carboxylic acids is 1. The van der Waals surface area contributed by atoms with Crippen molar-refractivity contribution in [3.05, 3.63) is 68.9 Å². The van der Waals surface area contributed by atoms with Crippen molar-refractivity contribution in [2.24, 2.45) is 11.1 Å². The minimum Gasteiger partial charge on any atom is -0.394 e. The fourth-order valence-electron chi connectivity index (χ4n) is 4.89. The van der Waals surface area contributed by atoms with Gasteiger partial charge < -0.3 is 26.6 Å². The summed E-state index contributed by atoms with van der Waals surface area (Å²) in [4.78, 5) is 13.4. The van der Waals surface area contributed by atoms with E-state index in [1.165, 1.54) is 6.07 Å². The van der Waals surface area contributed by atoms with Crippen molar-refractivity contribution in [1.29, 1.82) is 0 Å². The zero-order chi connectivity index (χ0) is 26.0. The number of hydrogen-bond donors (Lipinski definition) is 5. The second kappa shape index (κ2) is 11.2. The minimum atomic E-state index is -1.13. The van der Waals surface area contributed by atoms with E-state index in [2.05, 4.69) is 47.3 Å². The largest absolute Gasteiger partial charge is 0.394 e. The van der Waals surface area contributed by atoms with Gasteiger partial charge in [-0.2, -0.15) is 0 Å². The van der Waals surface area contributed by atoms with Gasteiger partial charge in [-0.1, -0.05) is 72.6 Å². The average molecular weight is 571 g/mol. The normalized spacial score (nSPS) is 25.5. The van der Waals surface area contributed by atoms with Gasteiger partial charge in [-0.25, -0.2) is 4.39 Å². The number of hydrogen-bond acceptors (Lipinski definition) is 5. The van der Waals surface area contributed by atoms with Crippen LogP contribution in [0.5, 0.6) is 0 Å². The molecule has 35 heavy (non-hydrogen) atoms. The Morgan fingerprint density at radius 3 is 2.54 bits per heavy atom. The van der Waals surface area contributed by atoms with E-state index in [1.54, 1.807) is 12.1 Å². The molecule has 192 valence electrons. The Bertz CT molecular complexity index is 1030. The summed E-state index contributed by atoms with van der Waals surface area (Å²) >= 11 is 9.62. The molecule has 1 saturated heterocycles. The number of benzene rings is 2. The Labute approximate surface area is 219 Å². The average Bonchev–Trinajstić information content (AvgIpc) is 3.07. The molecule has 3 rings (SSSR count). The molecule has 1 amide bonds. The summed E-state index contributed by atoms with van der Waals surface area (Å²) < 4.78 is 16.3. The van der Waals surface area contributed by atoms with Crippen molar-refractivity contribution in [1.82, 2.24) is 10.6 Å². The second-order valence-corrected chi connectivity index (χ2v) is 11.8. The summed E-state index contributed by atoms with van der Waals surface area (Å²) in [6.07, 6.45) is -0.111. The molecule has 0 unspecified atom stereocenters. The smallest absolute Gasteiger partial charge is 0.237 e. The lowest BCUT2D eigenvalue weighted by atomic mass is 9.68. The van der Waals surface area contributed by atoms with Gasteiger partial charge in [0.2, 0.25) is 5.91 Å². The molecule has 9 heteroatoms. The predicted octanol–water partition coefficient (Wildman–Crippen LogP) is 3.82. The Hall–Kier alpha value is -1.55. The molecule has 2 aromatic carbocycles. The fourth-order valence-corrected chi connectivity index (χ4v) is 5.34. The first kappa shape index (κ1) is 28.0. The Kier molecular flexibility index (Phi) is 9.00. The molecule has 1 aliphatic heterocycles. The van der Waals surface area contributed by atoms with Gasteiger partial charge in [0, 0.05) is 23.0 Å². The first-order valence-corrected chi connectivity index (χ1v) is 12.9. The van der Waals surface area contributed by atoms with E-state index in [0.29, 0.717) is 6.42 Å². The Morgan fingerprint density at radius 1 is 1.29 bits per heavy atom. The van der Waals surface area contributed by atoms with Gasteiger partial charge in [-0.3, -0.25) is 4.79 Å². The van der Waals surface area contributed by atoms with Crippen LogP contribution in [0.3, 0.4) is 0 Å². The summed E-state index contributed by atoms with van der Waals surface area (Å²) in [6.45, 7) is 6.04. The first-order chi connectivity index (χ1) is 16.4. The van der Waals surface area contributed by atoms with Gasteiger partial charge in [-0.05, 0) is 47.6 Å². The molecule has 1 fully saturated rings. The summed E-state index contributed by atoms with van der Waals surface area (Å²) in [6, 6.07) is 11.1. The number of rotatable bonds is 8. The molecular formula is C26H34BrClFN3O3. The van der Waals surface area contributed by atoms with Crippen molar-refractivity contribution in [2.75, 3.05) is 13.2 Å². The van der Waals surface area contributed by atoms with Gasteiger partial charge in [-0.15, -0.1) is 0 Å². The zero-order valence-corrected chi connectivity index (χ0v) is 22.5. The SMILES string of the molecule is CC(C)(C)C[C@@H]1N[C@@H](C(=O)NCC[C@H](O)CO)[C@H](c2cccc(Cl)c2F)[C@@]1(N)c1ccc(Br)cc1. The topological polar surface area (TPSA) is 108 Å². The van der Waals surface area contributed by atoms with E-state index in [9.17, 15) is 9.90 Å². The number of halogens is 3. The molecule has 2 aromatic rings. The van der Waals surface area contributed by atoms with Crippen LogP contribution in [0.1, 0.15) is 50.7 Å². The maximum absolute atomic E-state index is 15.5. The number of amides is 1. The van der Waals surface area contributed by atoms with Crippen LogP contribution >= 0.6 is 27.5 Å². The lowest BCUT2D eigenvalue weighted by molar-refractivity contribution is -0.123. The molecule has 0 saturated carbocycles. The molecule has 6 N–H and O–H groups in total. The molecule has 5 atom stereocenters. The van der Waals surface area contributed by atoms with Gasteiger partial charge in [0.15, 0.2) is 0 Å². The lowest BCUT2D eigenvalue weighted by Crippen LogP contribution is -2.52.